The van der Waals surface area contributed by atoms with Crippen LogP contribution in [0.3, 0.4) is 0 Å². The fourth-order valence-corrected chi connectivity index (χ4v) is 1.95. The lowest BCUT2D eigenvalue weighted by atomic mass is 9.92. The van der Waals surface area contributed by atoms with Crippen LogP contribution < -0.4 is 0 Å². The molecule has 1 atom stereocenters. The molecule has 0 bridgehead atoms. The number of carboxylic acid groups (broad SMARTS) is 1. The van der Waals surface area contributed by atoms with Gasteiger partial charge in [0.05, 0.1) is 0 Å². The summed E-state index contributed by atoms with van der Waals surface area (Å²) in [4.78, 5) is 10.9. The van der Waals surface area contributed by atoms with Crippen molar-refractivity contribution >= 4 is 5.97 Å². The quantitative estimate of drug-likeness (QED) is 0.690. The molecule has 76 valence electrons. The van der Waals surface area contributed by atoms with Crippen molar-refractivity contribution in [2.75, 3.05) is 7.11 Å². The van der Waals surface area contributed by atoms with E-state index in [0.717, 1.165) is 32.1 Å². The number of hydrogen-bond donors (Lipinski definition) is 1. The molecule has 1 fully saturated rings. The number of carbonyl (C=O) groups is 1. The molecule has 1 saturated carbocycles. The summed E-state index contributed by atoms with van der Waals surface area (Å²) in [6.45, 7) is 2.12. The van der Waals surface area contributed by atoms with Gasteiger partial charge in [0.2, 0.25) is 0 Å². The van der Waals surface area contributed by atoms with Gasteiger partial charge in [-0.25, -0.2) is 4.79 Å². The average molecular weight is 186 g/mol. The molecule has 1 aliphatic rings. The van der Waals surface area contributed by atoms with Crippen molar-refractivity contribution in [1.29, 1.82) is 0 Å². The van der Waals surface area contributed by atoms with Gasteiger partial charge in [0.1, 0.15) is 0 Å². The van der Waals surface area contributed by atoms with Crippen LogP contribution in [0.1, 0.15) is 39.0 Å². The summed E-state index contributed by atoms with van der Waals surface area (Å²) >= 11 is 0. The zero-order chi connectivity index (χ0) is 9.90. The number of methoxy groups -OCH3 is 1. The first-order chi connectivity index (χ1) is 6.16. The van der Waals surface area contributed by atoms with Crippen LogP contribution in [-0.4, -0.2) is 24.3 Å². The van der Waals surface area contributed by atoms with Gasteiger partial charge in [0, 0.05) is 12.5 Å². The van der Waals surface area contributed by atoms with E-state index in [2.05, 4.69) is 6.92 Å². The second kappa shape index (κ2) is 4.09. The molecule has 1 rings (SSSR count). The summed E-state index contributed by atoms with van der Waals surface area (Å²) in [6, 6.07) is 0. The lowest BCUT2D eigenvalue weighted by Gasteiger charge is -2.21. The Kier molecular flexibility index (Phi) is 3.31. The normalized spacial score (nSPS) is 21.1. The van der Waals surface area contributed by atoms with Gasteiger partial charge in [-0.3, -0.25) is 0 Å². The Morgan fingerprint density at radius 1 is 1.62 bits per heavy atom. The second-order valence-electron chi connectivity index (χ2n) is 3.92. The van der Waals surface area contributed by atoms with Crippen LogP contribution in [0.4, 0.5) is 0 Å². The molecule has 0 aromatic carbocycles. The van der Waals surface area contributed by atoms with Crippen LogP contribution in [0.5, 0.6) is 0 Å². The lowest BCUT2D eigenvalue weighted by Crippen LogP contribution is -2.32. The van der Waals surface area contributed by atoms with Crippen LogP contribution in [0.25, 0.3) is 0 Å². The van der Waals surface area contributed by atoms with E-state index >= 15 is 0 Å². The summed E-state index contributed by atoms with van der Waals surface area (Å²) in [7, 11) is 1.49. The van der Waals surface area contributed by atoms with Gasteiger partial charge in [-0.05, 0) is 19.3 Å². The highest BCUT2D eigenvalue weighted by Gasteiger charge is 2.52. The van der Waals surface area contributed by atoms with Crippen molar-refractivity contribution in [1.82, 2.24) is 0 Å². The zero-order valence-corrected chi connectivity index (χ0v) is 8.38. The minimum atomic E-state index is -0.809. The molecule has 0 aromatic heterocycles. The standard InChI is InChI=1S/C10H18O3/c1-3-4-5-10(6-7-10)8(13-2)9(11)12/h8H,3-7H2,1-2H3,(H,11,12). The largest absolute Gasteiger partial charge is 0.479 e. The molecular formula is C10H18O3. The Labute approximate surface area is 79.1 Å². The van der Waals surface area contributed by atoms with E-state index in [4.69, 9.17) is 9.84 Å². The topological polar surface area (TPSA) is 46.5 Å². The fraction of sp³-hybridized carbons (Fsp3) is 0.900. The predicted octanol–water partition coefficient (Wildman–Crippen LogP) is 2.06. The van der Waals surface area contributed by atoms with E-state index in [1.54, 1.807) is 0 Å². The third-order valence-corrected chi connectivity index (χ3v) is 2.94. The first kappa shape index (κ1) is 10.5. The van der Waals surface area contributed by atoms with Crippen LogP contribution in [-0.2, 0) is 9.53 Å². The number of hydrogen-bond acceptors (Lipinski definition) is 2. The van der Waals surface area contributed by atoms with Gasteiger partial charge in [-0.15, -0.1) is 0 Å². The molecule has 0 saturated heterocycles. The van der Waals surface area contributed by atoms with Crippen LogP contribution in [0.15, 0.2) is 0 Å². The van der Waals surface area contributed by atoms with Gasteiger partial charge >= 0.3 is 5.97 Å². The molecule has 3 heteroatoms. The Bertz CT molecular complexity index is 185. The van der Waals surface area contributed by atoms with Gasteiger partial charge in [-0.2, -0.15) is 0 Å². The number of aliphatic carboxylic acids is 1. The average Bonchev–Trinajstić information content (AvgIpc) is 2.83. The summed E-state index contributed by atoms with van der Waals surface area (Å²) in [5.41, 5.74) is -0.0312. The molecular weight excluding hydrogens is 168 g/mol. The maximum Gasteiger partial charge on any atom is 0.333 e. The van der Waals surface area contributed by atoms with Crippen LogP contribution in [0.2, 0.25) is 0 Å². The molecule has 1 unspecified atom stereocenters. The molecule has 0 heterocycles. The SMILES string of the molecule is CCCCC1(C(OC)C(=O)O)CC1. The van der Waals surface area contributed by atoms with Crippen molar-refractivity contribution in [3.8, 4) is 0 Å². The van der Waals surface area contributed by atoms with Crippen molar-refractivity contribution in [2.24, 2.45) is 5.41 Å². The minimum Gasteiger partial charge on any atom is -0.479 e. The van der Waals surface area contributed by atoms with E-state index in [1.807, 2.05) is 0 Å². The van der Waals surface area contributed by atoms with E-state index < -0.39 is 12.1 Å². The Hall–Kier alpha value is -0.570. The van der Waals surface area contributed by atoms with E-state index in [1.165, 1.54) is 7.11 Å². The molecule has 0 spiro atoms. The summed E-state index contributed by atoms with van der Waals surface area (Å²) in [6.07, 6.45) is 4.66. The fourth-order valence-electron chi connectivity index (χ4n) is 1.95. The minimum absolute atomic E-state index is 0.0312. The second-order valence-corrected chi connectivity index (χ2v) is 3.92. The number of ether oxygens (including phenoxy) is 1. The van der Waals surface area contributed by atoms with Crippen molar-refractivity contribution in [3.63, 3.8) is 0 Å². The third kappa shape index (κ3) is 2.21. The highest BCUT2D eigenvalue weighted by atomic mass is 16.5. The van der Waals surface area contributed by atoms with Crippen LogP contribution in [0, 0.1) is 5.41 Å². The van der Waals surface area contributed by atoms with E-state index in [9.17, 15) is 4.79 Å². The van der Waals surface area contributed by atoms with Gasteiger partial charge in [0.15, 0.2) is 6.10 Å². The molecule has 0 aliphatic heterocycles. The zero-order valence-electron chi connectivity index (χ0n) is 8.38. The molecule has 3 nitrogen and oxygen atoms in total. The monoisotopic (exact) mass is 186 g/mol. The van der Waals surface area contributed by atoms with E-state index in [-0.39, 0.29) is 5.41 Å². The first-order valence-corrected chi connectivity index (χ1v) is 4.92. The first-order valence-electron chi connectivity index (χ1n) is 4.92. The highest BCUT2D eigenvalue weighted by molar-refractivity contribution is 5.74. The predicted molar refractivity (Wildman–Crippen MR) is 49.6 cm³/mol. The molecule has 0 aromatic rings. The van der Waals surface area contributed by atoms with Crippen molar-refractivity contribution < 1.29 is 14.6 Å². The van der Waals surface area contributed by atoms with E-state index in [0.29, 0.717) is 0 Å². The number of rotatable bonds is 6. The summed E-state index contributed by atoms with van der Waals surface area (Å²) in [5, 5.41) is 8.92. The Morgan fingerprint density at radius 3 is 2.54 bits per heavy atom. The Balaban J connectivity index is 2.51. The van der Waals surface area contributed by atoms with Crippen molar-refractivity contribution in [2.45, 2.75) is 45.1 Å². The molecule has 1 aliphatic carbocycles. The Morgan fingerprint density at radius 2 is 2.23 bits per heavy atom. The lowest BCUT2D eigenvalue weighted by molar-refractivity contribution is -0.153. The maximum absolute atomic E-state index is 10.9. The molecule has 13 heavy (non-hydrogen) atoms. The highest BCUT2D eigenvalue weighted by Crippen LogP contribution is 2.53. The molecule has 1 N–H and O–H groups in total. The molecule has 0 amide bonds. The van der Waals surface area contributed by atoms with Gasteiger partial charge < -0.3 is 9.84 Å². The number of carboxylic acids is 1. The maximum atomic E-state index is 10.9. The van der Waals surface area contributed by atoms with Crippen LogP contribution >= 0.6 is 0 Å². The third-order valence-electron chi connectivity index (χ3n) is 2.94. The van der Waals surface area contributed by atoms with Gasteiger partial charge in [0.25, 0.3) is 0 Å². The van der Waals surface area contributed by atoms with Gasteiger partial charge in [-0.1, -0.05) is 19.8 Å². The summed E-state index contributed by atoms with van der Waals surface area (Å²) in [5.74, 6) is -0.809. The van der Waals surface area contributed by atoms with Crippen molar-refractivity contribution in [3.05, 3.63) is 0 Å². The smallest absolute Gasteiger partial charge is 0.333 e. The number of unbranched alkanes of at least 4 members (excludes halogenated alkanes) is 1. The molecule has 0 radical (unpaired) electrons. The summed E-state index contributed by atoms with van der Waals surface area (Å²) < 4.78 is 5.04.